The van der Waals surface area contributed by atoms with E-state index < -0.39 is 0 Å². The van der Waals surface area contributed by atoms with Gasteiger partial charge < -0.3 is 16.2 Å². The van der Waals surface area contributed by atoms with Crippen molar-refractivity contribution in [1.82, 2.24) is 5.32 Å². The second kappa shape index (κ2) is 6.08. The van der Waals surface area contributed by atoms with Crippen molar-refractivity contribution in [3.63, 3.8) is 0 Å². The Labute approximate surface area is 92.2 Å². The molecule has 90 valence electrons. The van der Waals surface area contributed by atoms with E-state index >= 15 is 0 Å². The van der Waals surface area contributed by atoms with E-state index in [-0.39, 0.29) is 30.0 Å². The summed E-state index contributed by atoms with van der Waals surface area (Å²) in [5.41, 5.74) is 5.83. The van der Waals surface area contributed by atoms with Gasteiger partial charge in [0.1, 0.15) is 0 Å². The van der Waals surface area contributed by atoms with Gasteiger partial charge in [-0.2, -0.15) is 0 Å². The van der Waals surface area contributed by atoms with E-state index in [1.165, 1.54) is 0 Å². The van der Waals surface area contributed by atoms with Gasteiger partial charge in [0.15, 0.2) is 0 Å². The fourth-order valence-electron chi connectivity index (χ4n) is 1.11. The van der Waals surface area contributed by atoms with Crippen LogP contribution in [0.5, 0.6) is 0 Å². The second-order valence-electron chi connectivity index (χ2n) is 5.16. The number of carbonyl (C=O) groups excluding carboxylic acids is 1. The van der Waals surface area contributed by atoms with Crippen LogP contribution in [0.15, 0.2) is 0 Å². The van der Waals surface area contributed by atoms with Crippen molar-refractivity contribution in [2.45, 2.75) is 52.6 Å². The Balaban J connectivity index is 3.94. The smallest absolute Gasteiger partial charge is 0.221 e. The fraction of sp³-hybridized carbons (Fsp3) is 0.909. The molecule has 0 aromatic heterocycles. The maximum Gasteiger partial charge on any atom is 0.221 e. The number of nitrogens with two attached hydrogens (primary N) is 1. The third-order valence-corrected chi connectivity index (χ3v) is 2.49. The van der Waals surface area contributed by atoms with Crippen LogP contribution in [0.2, 0.25) is 0 Å². The zero-order chi connectivity index (χ0) is 12.1. The molecule has 1 amide bonds. The summed E-state index contributed by atoms with van der Waals surface area (Å²) < 4.78 is 0. The van der Waals surface area contributed by atoms with E-state index in [0.717, 1.165) is 0 Å². The first kappa shape index (κ1) is 14.4. The van der Waals surface area contributed by atoms with Crippen LogP contribution in [0.1, 0.15) is 40.5 Å². The number of hydrogen-bond acceptors (Lipinski definition) is 3. The molecule has 2 unspecified atom stereocenters. The standard InChI is InChI=1S/C11H24N2O2/c1-8(5-6-14)13-10(15)7-9(12)11(2,3)4/h8-9,14H,5-7,12H2,1-4H3,(H,13,15). The third-order valence-electron chi connectivity index (χ3n) is 2.49. The molecule has 0 aliphatic rings. The molecular weight excluding hydrogens is 192 g/mol. The van der Waals surface area contributed by atoms with Crippen molar-refractivity contribution in [2.75, 3.05) is 6.61 Å². The normalized spacial score (nSPS) is 15.9. The second-order valence-corrected chi connectivity index (χ2v) is 5.16. The van der Waals surface area contributed by atoms with Gasteiger partial charge in [0.05, 0.1) is 0 Å². The highest BCUT2D eigenvalue weighted by molar-refractivity contribution is 5.76. The summed E-state index contributed by atoms with van der Waals surface area (Å²) >= 11 is 0. The van der Waals surface area contributed by atoms with Crippen molar-refractivity contribution < 1.29 is 9.90 Å². The summed E-state index contributed by atoms with van der Waals surface area (Å²) in [5, 5.41) is 11.5. The number of aliphatic hydroxyl groups excluding tert-OH is 1. The van der Waals surface area contributed by atoms with Crippen molar-refractivity contribution in [1.29, 1.82) is 0 Å². The largest absolute Gasteiger partial charge is 0.396 e. The molecule has 0 rings (SSSR count). The van der Waals surface area contributed by atoms with Crippen molar-refractivity contribution in [2.24, 2.45) is 11.1 Å². The van der Waals surface area contributed by atoms with Crippen LogP contribution in [0, 0.1) is 5.41 Å². The summed E-state index contributed by atoms with van der Waals surface area (Å²) in [5.74, 6) is -0.0432. The summed E-state index contributed by atoms with van der Waals surface area (Å²) in [6.45, 7) is 8.01. The number of rotatable bonds is 5. The Morgan fingerprint density at radius 2 is 2.00 bits per heavy atom. The van der Waals surface area contributed by atoms with E-state index in [1.807, 2.05) is 27.7 Å². The van der Waals surface area contributed by atoms with Crippen LogP contribution in [0.4, 0.5) is 0 Å². The molecule has 0 bridgehead atoms. The highest BCUT2D eigenvalue weighted by atomic mass is 16.3. The predicted molar refractivity (Wildman–Crippen MR) is 61.4 cm³/mol. The van der Waals surface area contributed by atoms with Crippen LogP contribution in [-0.2, 0) is 4.79 Å². The predicted octanol–water partition coefficient (Wildman–Crippen LogP) is 0.637. The Kier molecular flexibility index (Phi) is 5.83. The molecule has 0 aromatic carbocycles. The lowest BCUT2D eigenvalue weighted by molar-refractivity contribution is -0.122. The van der Waals surface area contributed by atoms with Gasteiger partial charge in [0, 0.05) is 25.1 Å². The first-order valence-corrected chi connectivity index (χ1v) is 5.43. The lowest BCUT2D eigenvalue weighted by Crippen LogP contribution is -2.42. The molecule has 0 aliphatic carbocycles. The van der Waals surface area contributed by atoms with E-state index in [0.29, 0.717) is 12.8 Å². The average molecular weight is 216 g/mol. The molecule has 0 saturated heterocycles. The number of hydrogen-bond donors (Lipinski definition) is 3. The van der Waals surface area contributed by atoms with Crippen LogP contribution in [-0.4, -0.2) is 29.7 Å². The molecule has 0 aromatic rings. The van der Waals surface area contributed by atoms with E-state index in [4.69, 9.17) is 10.8 Å². The Morgan fingerprint density at radius 3 is 2.40 bits per heavy atom. The summed E-state index contributed by atoms with van der Waals surface area (Å²) in [6, 6.07) is -0.131. The molecule has 2 atom stereocenters. The number of nitrogens with one attached hydrogen (secondary N) is 1. The quantitative estimate of drug-likeness (QED) is 0.631. The van der Waals surface area contributed by atoms with E-state index in [2.05, 4.69) is 5.32 Å². The molecule has 0 radical (unpaired) electrons. The number of aliphatic hydroxyl groups is 1. The molecule has 0 heterocycles. The fourth-order valence-corrected chi connectivity index (χ4v) is 1.11. The minimum Gasteiger partial charge on any atom is -0.396 e. The van der Waals surface area contributed by atoms with E-state index in [1.54, 1.807) is 0 Å². The molecule has 4 nitrogen and oxygen atoms in total. The number of amides is 1. The van der Waals surface area contributed by atoms with Gasteiger partial charge in [-0.25, -0.2) is 0 Å². The SMILES string of the molecule is CC(CCO)NC(=O)CC(N)C(C)(C)C. The lowest BCUT2D eigenvalue weighted by atomic mass is 9.85. The maximum atomic E-state index is 11.5. The monoisotopic (exact) mass is 216 g/mol. The van der Waals surface area contributed by atoms with Crippen LogP contribution < -0.4 is 11.1 Å². The van der Waals surface area contributed by atoms with Gasteiger partial charge in [-0.15, -0.1) is 0 Å². The van der Waals surface area contributed by atoms with Gasteiger partial charge in [-0.05, 0) is 18.8 Å². The highest BCUT2D eigenvalue weighted by Crippen LogP contribution is 2.19. The average Bonchev–Trinajstić information content (AvgIpc) is 2.01. The van der Waals surface area contributed by atoms with Crippen LogP contribution in [0.3, 0.4) is 0 Å². The first-order valence-electron chi connectivity index (χ1n) is 5.43. The highest BCUT2D eigenvalue weighted by Gasteiger charge is 2.23. The Morgan fingerprint density at radius 1 is 1.47 bits per heavy atom. The molecular formula is C11H24N2O2. The van der Waals surface area contributed by atoms with Crippen LogP contribution in [0.25, 0.3) is 0 Å². The van der Waals surface area contributed by atoms with Crippen molar-refractivity contribution in [3.05, 3.63) is 0 Å². The zero-order valence-corrected chi connectivity index (χ0v) is 10.2. The van der Waals surface area contributed by atoms with Crippen LogP contribution >= 0.6 is 0 Å². The van der Waals surface area contributed by atoms with Gasteiger partial charge >= 0.3 is 0 Å². The minimum absolute atomic E-state index is 0.00895. The van der Waals surface area contributed by atoms with Gasteiger partial charge in [0.2, 0.25) is 5.91 Å². The molecule has 0 fully saturated rings. The van der Waals surface area contributed by atoms with Gasteiger partial charge in [-0.1, -0.05) is 20.8 Å². The number of carbonyl (C=O) groups is 1. The van der Waals surface area contributed by atoms with E-state index in [9.17, 15) is 4.79 Å². The molecule has 0 aliphatic heterocycles. The molecule has 15 heavy (non-hydrogen) atoms. The Hall–Kier alpha value is -0.610. The van der Waals surface area contributed by atoms with Crippen molar-refractivity contribution in [3.8, 4) is 0 Å². The summed E-state index contributed by atoms with van der Waals surface area (Å²) in [4.78, 5) is 11.5. The summed E-state index contributed by atoms with van der Waals surface area (Å²) in [7, 11) is 0. The van der Waals surface area contributed by atoms with Gasteiger partial charge in [-0.3, -0.25) is 4.79 Å². The molecule has 4 N–H and O–H groups in total. The lowest BCUT2D eigenvalue weighted by Gasteiger charge is -2.27. The molecule has 0 spiro atoms. The first-order chi connectivity index (χ1) is 6.77. The third kappa shape index (κ3) is 6.47. The molecule has 4 heteroatoms. The minimum atomic E-state index is -0.140. The zero-order valence-electron chi connectivity index (χ0n) is 10.2. The molecule has 0 saturated carbocycles. The summed E-state index contributed by atoms with van der Waals surface area (Å²) in [6.07, 6.45) is 0.912. The Bertz CT molecular complexity index is 199. The van der Waals surface area contributed by atoms with Gasteiger partial charge in [0.25, 0.3) is 0 Å². The van der Waals surface area contributed by atoms with Crippen molar-refractivity contribution >= 4 is 5.91 Å². The maximum absolute atomic E-state index is 11.5. The topological polar surface area (TPSA) is 75.3 Å².